The first kappa shape index (κ1) is 16.7. The normalized spacial score (nSPS) is 30.8. The maximum atomic E-state index is 10.7. The number of fused-ring (bicyclic) bond motifs is 5. The SMILES string of the molecule is COc1cc2c(c(OC)c1OC)[C@H](O)O[C@@H]1CC=C3CCN(C)[C@@H]3[C@H]21. The number of likely N-dealkylation sites (N-methyl/N-ethyl adjacent to an activating group) is 1. The van der Waals surface area contributed by atoms with Crippen LogP contribution in [0.3, 0.4) is 0 Å². The number of aliphatic hydroxyl groups is 1. The van der Waals surface area contributed by atoms with Gasteiger partial charge in [0.25, 0.3) is 0 Å². The first-order valence-corrected chi connectivity index (χ1v) is 8.66. The van der Waals surface area contributed by atoms with Gasteiger partial charge >= 0.3 is 0 Å². The molecule has 1 N–H and O–H groups in total. The molecule has 0 amide bonds. The number of hydrogen-bond donors (Lipinski definition) is 1. The Morgan fingerprint density at radius 1 is 1.16 bits per heavy atom. The van der Waals surface area contributed by atoms with Gasteiger partial charge in [0.05, 0.1) is 33.0 Å². The largest absolute Gasteiger partial charge is 0.493 e. The summed E-state index contributed by atoms with van der Waals surface area (Å²) in [6, 6.07) is 2.27. The van der Waals surface area contributed by atoms with E-state index in [2.05, 4.69) is 18.0 Å². The predicted molar refractivity (Wildman–Crippen MR) is 92.4 cm³/mol. The molecule has 1 aromatic carbocycles. The van der Waals surface area contributed by atoms with Gasteiger partial charge < -0.3 is 24.1 Å². The van der Waals surface area contributed by atoms with Gasteiger partial charge in [-0.3, -0.25) is 4.90 Å². The summed E-state index contributed by atoms with van der Waals surface area (Å²) in [5.74, 6) is 1.72. The minimum absolute atomic E-state index is 0.0559. The molecule has 25 heavy (non-hydrogen) atoms. The number of hydrogen-bond acceptors (Lipinski definition) is 6. The van der Waals surface area contributed by atoms with E-state index in [1.165, 1.54) is 5.57 Å². The molecule has 1 aliphatic carbocycles. The van der Waals surface area contributed by atoms with E-state index < -0.39 is 6.29 Å². The molecule has 0 spiro atoms. The van der Waals surface area contributed by atoms with Gasteiger partial charge in [0.1, 0.15) is 0 Å². The molecule has 1 fully saturated rings. The van der Waals surface area contributed by atoms with Crippen molar-refractivity contribution < 1.29 is 24.1 Å². The molecule has 1 aromatic rings. The van der Waals surface area contributed by atoms with Crippen molar-refractivity contribution in [2.24, 2.45) is 0 Å². The Labute approximate surface area is 147 Å². The van der Waals surface area contributed by atoms with E-state index in [-0.39, 0.29) is 18.1 Å². The van der Waals surface area contributed by atoms with E-state index in [1.54, 1.807) is 21.3 Å². The number of ether oxygens (including phenoxy) is 4. The summed E-state index contributed by atoms with van der Waals surface area (Å²) in [4.78, 5) is 2.37. The summed E-state index contributed by atoms with van der Waals surface area (Å²) in [6.45, 7) is 1.04. The lowest BCUT2D eigenvalue weighted by atomic mass is 9.74. The molecule has 4 atom stereocenters. The highest BCUT2D eigenvalue weighted by Gasteiger charge is 2.48. The van der Waals surface area contributed by atoms with Crippen LogP contribution < -0.4 is 14.2 Å². The Bertz CT molecular complexity index is 716. The van der Waals surface area contributed by atoms with Crippen molar-refractivity contribution in [1.82, 2.24) is 4.90 Å². The molecule has 4 rings (SSSR count). The van der Waals surface area contributed by atoms with Gasteiger partial charge in [-0.15, -0.1) is 0 Å². The lowest BCUT2D eigenvalue weighted by molar-refractivity contribution is -0.163. The Morgan fingerprint density at radius 3 is 2.60 bits per heavy atom. The summed E-state index contributed by atoms with van der Waals surface area (Å²) in [7, 11) is 6.91. The van der Waals surface area contributed by atoms with Gasteiger partial charge in [-0.25, -0.2) is 0 Å². The molecule has 0 radical (unpaired) electrons. The fraction of sp³-hybridized carbons (Fsp3) is 0.579. The molecule has 0 unspecified atom stereocenters. The first-order valence-electron chi connectivity index (χ1n) is 8.66. The van der Waals surface area contributed by atoms with Crippen molar-refractivity contribution in [3.63, 3.8) is 0 Å². The number of methoxy groups -OCH3 is 3. The molecule has 0 bridgehead atoms. The third-order valence-electron chi connectivity index (χ3n) is 5.77. The van der Waals surface area contributed by atoms with Gasteiger partial charge in [0, 0.05) is 18.5 Å². The van der Waals surface area contributed by atoms with Crippen LogP contribution in [0.1, 0.15) is 36.2 Å². The van der Waals surface area contributed by atoms with Crippen LogP contribution in [0.4, 0.5) is 0 Å². The van der Waals surface area contributed by atoms with Crippen LogP contribution in [0.15, 0.2) is 17.7 Å². The Hall–Kier alpha value is -1.76. The van der Waals surface area contributed by atoms with Gasteiger partial charge in [0.2, 0.25) is 5.75 Å². The molecule has 2 heterocycles. The second kappa shape index (κ2) is 6.20. The van der Waals surface area contributed by atoms with Gasteiger partial charge in [-0.1, -0.05) is 11.6 Å². The summed E-state index contributed by atoms with van der Waals surface area (Å²) in [5, 5.41) is 10.7. The quantitative estimate of drug-likeness (QED) is 0.846. The first-order chi connectivity index (χ1) is 12.1. The number of benzene rings is 1. The van der Waals surface area contributed by atoms with Crippen LogP contribution in [0.2, 0.25) is 0 Å². The second-order valence-electron chi connectivity index (χ2n) is 6.89. The maximum Gasteiger partial charge on any atom is 0.203 e. The minimum atomic E-state index is -1.03. The lowest BCUT2D eigenvalue weighted by Crippen LogP contribution is -2.45. The Kier molecular flexibility index (Phi) is 4.14. The topological polar surface area (TPSA) is 60.4 Å². The van der Waals surface area contributed by atoms with Gasteiger partial charge in [-0.2, -0.15) is 0 Å². The average Bonchev–Trinajstić information content (AvgIpc) is 3.00. The molecule has 0 saturated carbocycles. The predicted octanol–water partition coefficient (Wildman–Crippen LogP) is 2.22. The zero-order valence-electron chi connectivity index (χ0n) is 15.1. The fourth-order valence-electron chi connectivity index (χ4n) is 4.69. The Balaban J connectivity index is 1.93. The molecule has 6 nitrogen and oxygen atoms in total. The highest BCUT2D eigenvalue weighted by molar-refractivity contribution is 5.62. The molecular weight excluding hydrogens is 322 g/mol. The monoisotopic (exact) mass is 347 g/mol. The van der Waals surface area contributed by atoms with Crippen molar-refractivity contribution in [2.75, 3.05) is 34.9 Å². The van der Waals surface area contributed by atoms with Gasteiger partial charge in [-0.05, 0) is 31.5 Å². The molecule has 0 aromatic heterocycles. The molecule has 2 aliphatic heterocycles. The molecule has 136 valence electrons. The van der Waals surface area contributed by atoms with Crippen molar-refractivity contribution in [1.29, 1.82) is 0 Å². The van der Waals surface area contributed by atoms with Crippen LogP contribution in [-0.4, -0.2) is 57.1 Å². The number of rotatable bonds is 3. The molecule has 6 heteroatoms. The van der Waals surface area contributed by atoms with Crippen molar-refractivity contribution in [2.45, 2.75) is 37.2 Å². The maximum absolute atomic E-state index is 10.7. The van der Waals surface area contributed by atoms with E-state index in [0.29, 0.717) is 22.8 Å². The molecular formula is C19H25NO5. The number of aliphatic hydroxyl groups excluding tert-OH is 1. The molecule has 3 aliphatic rings. The summed E-state index contributed by atoms with van der Waals surface area (Å²) in [6.07, 6.45) is 3.10. The Morgan fingerprint density at radius 2 is 1.92 bits per heavy atom. The number of nitrogens with zero attached hydrogens (tertiary/aromatic N) is 1. The fourth-order valence-corrected chi connectivity index (χ4v) is 4.69. The zero-order chi connectivity index (χ0) is 17.7. The average molecular weight is 347 g/mol. The molecule has 1 saturated heterocycles. The van der Waals surface area contributed by atoms with E-state index >= 15 is 0 Å². The van der Waals surface area contributed by atoms with Crippen molar-refractivity contribution in [3.8, 4) is 17.2 Å². The van der Waals surface area contributed by atoms with E-state index in [9.17, 15) is 5.11 Å². The third-order valence-corrected chi connectivity index (χ3v) is 5.77. The van der Waals surface area contributed by atoms with Gasteiger partial charge in [0.15, 0.2) is 17.8 Å². The van der Waals surface area contributed by atoms with Crippen LogP contribution in [-0.2, 0) is 4.74 Å². The summed E-state index contributed by atoms with van der Waals surface area (Å²) in [5.41, 5.74) is 3.15. The highest BCUT2D eigenvalue weighted by atomic mass is 16.6. The van der Waals surface area contributed by atoms with E-state index in [0.717, 1.165) is 24.9 Å². The number of likely N-dealkylation sites (tertiary alicyclic amines) is 1. The lowest BCUT2D eigenvalue weighted by Gasteiger charge is -2.44. The van der Waals surface area contributed by atoms with Crippen LogP contribution in [0.25, 0.3) is 0 Å². The second-order valence-corrected chi connectivity index (χ2v) is 6.89. The summed E-state index contributed by atoms with van der Waals surface area (Å²) >= 11 is 0. The zero-order valence-corrected chi connectivity index (χ0v) is 15.1. The third kappa shape index (κ3) is 2.35. The van der Waals surface area contributed by atoms with Crippen LogP contribution in [0, 0.1) is 0 Å². The smallest absolute Gasteiger partial charge is 0.203 e. The highest BCUT2D eigenvalue weighted by Crippen LogP contribution is 2.54. The standard InChI is InChI=1S/C19H25NO5/c1-20-8-7-10-5-6-12-14(16(10)20)11-9-13(22-2)17(23-3)18(24-4)15(11)19(21)25-12/h5,9,12,14,16,19,21H,6-8H2,1-4H3/t12-,14-,16+,19-/m1/s1. The van der Waals surface area contributed by atoms with E-state index in [4.69, 9.17) is 18.9 Å². The van der Waals surface area contributed by atoms with Crippen LogP contribution >= 0.6 is 0 Å². The van der Waals surface area contributed by atoms with Crippen molar-refractivity contribution >= 4 is 0 Å². The van der Waals surface area contributed by atoms with Crippen molar-refractivity contribution in [3.05, 3.63) is 28.8 Å². The van der Waals surface area contributed by atoms with Crippen LogP contribution in [0.5, 0.6) is 17.2 Å². The summed E-state index contributed by atoms with van der Waals surface area (Å²) < 4.78 is 22.6. The van der Waals surface area contributed by atoms with E-state index in [1.807, 2.05) is 6.07 Å². The minimum Gasteiger partial charge on any atom is -0.493 e.